The van der Waals surface area contributed by atoms with Crippen LogP contribution in [0.25, 0.3) is 10.9 Å². The number of carbonyl (C=O) groups is 6. The number of carbonyl (C=O) groups excluding carboxylic acids is 6. The van der Waals surface area contributed by atoms with E-state index in [9.17, 15) is 33.9 Å². The molecule has 2 heterocycles. The zero-order chi connectivity index (χ0) is 42.6. The molecular formula is C43H53IN8O7. The Labute approximate surface area is 357 Å². The van der Waals surface area contributed by atoms with Crippen LogP contribution in [0.2, 0.25) is 0 Å². The van der Waals surface area contributed by atoms with Gasteiger partial charge in [-0.05, 0) is 109 Å². The molecule has 0 bridgehead atoms. The minimum atomic E-state index is -1.24. The maximum atomic E-state index is 14.4. The molecule has 0 saturated carbocycles. The van der Waals surface area contributed by atoms with Crippen molar-refractivity contribution in [1.29, 1.82) is 0 Å². The monoisotopic (exact) mass is 920 g/mol. The second-order valence-electron chi connectivity index (χ2n) is 14.9. The van der Waals surface area contributed by atoms with E-state index in [1.54, 1.807) is 25.3 Å². The third kappa shape index (κ3) is 12.0. The molecule has 4 aromatic rings. The van der Waals surface area contributed by atoms with E-state index in [4.69, 9.17) is 5.73 Å². The fourth-order valence-corrected chi connectivity index (χ4v) is 7.33. The van der Waals surface area contributed by atoms with Gasteiger partial charge in [0.2, 0.25) is 35.4 Å². The van der Waals surface area contributed by atoms with Crippen molar-refractivity contribution in [3.8, 4) is 5.75 Å². The minimum absolute atomic E-state index is 0.0124. The molecular weight excluding hydrogens is 867 g/mol. The molecule has 1 aromatic heterocycles. The van der Waals surface area contributed by atoms with Gasteiger partial charge in [0.1, 0.15) is 42.0 Å². The highest BCUT2D eigenvalue weighted by molar-refractivity contribution is 14.1. The molecule has 1 aliphatic heterocycles. The summed E-state index contributed by atoms with van der Waals surface area (Å²) in [5.74, 6) is -3.77. The molecule has 1 fully saturated rings. The van der Waals surface area contributed by atoms with E-state index in [1.165, 1.54) is 31.0 Å². The maximum Gasteiger partial charge on any atom is 0.245 e. The molecule has 59 heavy (non-hydrogen) atoms. The van der Waals surface area contributed by atoms with E-state index in [1.807, 2.05) is 48.5 Å². The van der Waals surface area contributed by atoms with E-state index in [-0.39, 0.29) is 37.9 Å². The van der Waals surface area contributed by atoms with Crippen LogP contribution < -0.4 is 32.3 Å². The smallest absolute Gasteiger partial charge is 0.245 e. The first-order valence-corrected chi connectivity index (χ1v) is 20.9. The number of halogens is 1. The number of hydrogen-bond donors (Lipinski definition) is 8. The van der Waals surface area contributed by atoms with Crippen LogP contribution in [0.1, 0.15) is 56.2 Å². The van der Waals surface area contributed by atoms with Crippen molar-refractivity contribution < 1.29 is 33.9 Å². The second-order valence-corrected chi connectivity index (χ2v) is 16.1. The van der Waals surface area contributed by atoms with Crippen LogP contribution in [0.3, 0.4) is 0 Å². The largest absolute Gasteiger partial charge is 0.508 e. The van der Waals surface area contributed by atoms with E-state index in [0.717, 1.165) is 25.6 Å². The van der Waals surface area contributed by atoms with Gasteiger partial charge >= 0.3 is 0 Å². The molecule has 0 unspecified atom stereocenters. The van der Waals surface area contributed by atoms with Crippen LogP contribution in [-0.2, 0) is 48.0 Å². The molecule has 0 aliphatic carbocycles. The molecule has 9 N–H and O–H groups in total. The number of phenolic OH excluding ortho intramolecular Hbond substituents is 1. The Bertz CT molecular complexity index is 2110. The lowest BCUT2D eigenvalue weighted by molar-refractivity contribution is -0.142. The lowest BCUT2D eigenvalue weighted by atomic mass is 10.0. The number of aromatic amines is 1. The van der Waals surface area contributed by atoms with Gasteiger partial charge in [-0.25, -0.2) is 0 Å². The Morgan fingerprint density at radius 3 is 1.85 bits per heavy atom. The molecule has 1 aliphatic rings. The van der Waals surface area contributed by atoms with Gasteiger partial charge in [-0.15, -0.1) is 0 Å². The summed E-state index contributed by atoms with van der Waals surface area (Å²) in [6, 6.07) is 14.2. The third-order valence-corrected chi connectivity index (χ3v) is 11.4. The van der Waals surface area contributed by atoms with Crippen molar-refractivity contribution in [2.24, 2.45) is 5.73 Å². The summed E-state index contributed by atoms with van der Waals surface area (Å²) < 4.78 is 0.978. The second kappa shape index (κ2) is 21.0. The number of phenols is 1. The number of nitrogens with one attached hydrogen (secondary N) is 6. The molecule has 6 atom stereocenters. The molecule has 0 radical (unpaired) electrons. The topological polar surface area (TPSA) is 228 Å². The Balaban J connectivity index is 1.55. The van der Waals surface area contributed by atoms with Crippen molar-refractivity contribution in [1.82, 2.24) is 36.5 Å². The highest BCUT2D eigenvalue weighted by Gasteiger charge is 2.36. The van der Waals surface area contributed by atoms with Crippen molar-refractivity contribution >= 4 is 68.9 Å². The van der Waals surface area contributed by atoms with Gasteiger partial charge in [0, 0.05) is 47.0 Å². The minimum Gasteiger partial charge on any atom is -0.508 e. The quantitative estimate of drug-likeness (QED) is 0.0821. The number of unbranched alkanes of at least 4 members (excludes halogenated alkanes) is 1. The lowest BCUT2D eigenvalue weighted by Crippen LogP contribution is -2.61. The van der Waals surface area contributed by atoms with Crippen LogP contribution in [0.5, 0.6) is 5.75 Å². The number of aromatic nitrogens is 1. The van der Waals surface area contributed by atoms with Crippen molar-refractivity contribution in [2.75, 3.05) is 13.6 Å². The van der Waals surface area contributed by atoms with Crippen LogP contribution in [0.4, 0.5) is 0 Å². The number of likely N-dealkylation sites (N-methyl/N-ethyl adjacent to an activating group) is 1. The average molecular weight is 921 g/mol. The summed E-state index contributed by atoms with van der Waals surface area (Å²) in [4.78, 5) is 89.4. The Kier molecular flexibility index (Phi) is 15.9. The summed E-state index contributed by atoms with van der Waals surface area (Å²) >= 11 is 2.17. The lowest BCUT2D eigenvalue weighted by Gasteiger charge is -2.32. The number of H-pyrrole nitrogens is 1. The van der Waals surface area contributed by atoms with E-state index >= 15 is 0 Å². The standard InChI is InChI=1S/C43H53IN8O7/c1-4-32-39(55)51-37(22-26-12-16-29(44)17-13-26)43(59)52(3)25(2)38(54)49-35(21-27-14-18-30(53)19-15-27)41(57)50-36(23-28-24-46-33-10-6-5-9-31(28)33)42(58)48-34(40(56)47-32)11-7-8-20-45/h5-6,9-10,12-19,24-25,32,34-37,46,53H,4,7-8,11,20-23,45H2,1-3H3,(H,47,56)(H,48,58)(H,49,54)(H,50,57)(H,51,55)/t25-,32-,34-,35-,36+,37-/m0/s1. The van der Waals surface area contributed by atoms with E-state index in [0.29, 0.717) is 24.9 Å². The molecule has 16 heteroatoms. The van der Waals surface area contributed by atoms with Crippen molar-refractivity contribution in [3.05, 3.63) is 99.3 Å². The van der Waals surface area contributed by atoms with Gasteiger partial charge in [0.05, 0.1) is 0 Å². The highest BCUT2D eigenvalue weighted by atomic mass is 127. The Hall–Kier alpha value is -5.49. The van der Waals surface area contributed by atoms with Gasteiger partial charge in [0.15, 0.2) is 0 Å². The number of hydrogen-bond acceptors (Lipinski definition) is 8. The number of para-hydroxylation sites is 1. The fraction of sp³-hybridized carbons (Fsp3) is 0.395. The zero-order valence-electron chi connectivity index (χ0n) is 33.4. The van der Waals surface area contributed by atoms with Gasteiger partial charge in [-0.3, -0.25) is 28.8 Å². The number of rotatable bonds is 11. The molecule has 6 amide bonds. The Morgan fingerprint density at radius 2 is 1.19 bits per heavy atom. The first-order valence-electron chi connectivity index (χ1n) is 19.8. The third-order valence-electron chi connectivity index (χ3n) is 10.6. The molecule has 314 valence electrons. The number of nitrogens with zero attached hydrogens (tertiary/aromatic N) is 1. The molecule has 1 saturated heterocycles. The summed E-state index contributed by atoms with van der Waals surface area (Å²) in [6.07, 6.45) is 3.24. The number of fused-ring (bicyclic) bond motifs is 1. The number of aromatic hydroxyl groups is 1. The number of benzene rings is 3. The van der Waals surface area contributed by atoms with Crippen LogP contribution in [-0.4, -0.2) is 100 Å². The first-order chi connectivity index (χ1) is 28.3. The predicted molar refractivity (Wildman–Crippen MR) is 232 cm³/mol. The normalized spacial score (nSPS) is 22.8. The van der Waals surface area contributed by atoms with Gasteiger partial charge < -0.3 is 47.3 Å². The molecule has 0 spiro atoms. The summed E-state index contributed by atoms with van der Waals surface area (Å²) in [6.45, 7) is 3.59. The predicted octanol–water partition coefficient (Wildman–Crippen LogP) is 2.33. The van der Waals surface area contributed by atoms with Crippen molar-refractivity contribution in [2.45, 2.75) is 95.0 Å². The fourth-order valence-electron chi connectivity index (χ4n) is 6.97. The molecule has 15 nitrogen and oxygen atoms in total. The van der Waals surface area contributed by atoms with Gasteiger partial charge in [-0.2, -0.15) is 0 Å². The first kappa shape index (κ1) is 44.6. The molecule has 5 rings (SSSR count). The number of amides is 6. The van der Waals surface area contributed by atoms with Gasteiger partial charge in [-0.1, -0.05) is 49.4 Å². The van der Waals surface area contributed by atoms with E-state index in [2.05, 4.69) is 54.2 Å². The maximum absolute atomic E-state index is 14.4. The van der Waals surface area contributed by atoms with Crippen LogP contribution in [0.15, 0.2) is 79.0 Å². The van der Waals surface area contributed by atoms with Gasteiger partial charge in [0.25, 0.3) is 0 Å². The SMILES string of the molecule is CC[C@@H]1NC(=O)[C@H](CCCCN)NC(=O)[C@@H](Cc2c[nH]c3ccccc23)NC(=O)[C@H](Cc2ccc(O)cc2)NC(=O)[C@H](C)N(C)C(=O)[C@H](Cc2ccc(I)cc2)NC1=O. The van der Waals surface area contributed by atoms with Crippen LogP contribution >= 0.6 is 22.6 Å². The summed E-state index contributed by atoms with van der Waals surface area (Å²) in [7, 11) is 1.44. The average Bonchev–Trinajstić information content (AvgIpc) is 3.64. The van der Waals surface area contributed by atoms with Crippen molar-refractivity contribution in [3.63, 3.8) is 0 Å². The Morgan fingerprint density at radius 1 is 0.661 bits per heavy atom. The summed E-state index contributed by atoms with van der Waals surface area (Å²) in [5, 5.41) is 24.9. The highest BCUT2D eigenvalue weighted by Crippen LogP contribution is 2.20. The number of nitrogens with two attached hydrogens (primary N) is 1. The molecule has 3 aromatic carbocycles. The van der Waals surface area contributed by atoms with E-state index < -0.39 is 71.7 Å². The zero-order valence-corrected chi connectivity index (χ0v) is 35.6. The summed E-state index contributed by atoms with van der Waals surface area (Å²) in [5.41, 5.74) is 8.68. The van der Waals surface area contributed by atoms with Crippen LogP contribution in [0, 0.1) is 3.57 Å².